The van der Waals surface area contributed by atoms with Crippen LogP contribution in [0, 0.1) is 0 Å². The highest BCUT2D eigenvalue weighted by Crippen LogP contribution is 2.31. The fourth-order valence-corrected chi connectivity index (χ4v) is 4.41. The van der Waals surface area contributed by atoms with Crippen LogP contribution in [-0.2, 0) is 0 Å². The molecule has 4 rings (SSSR count). The molecule has 2 saturated heterocycles. The third kappa shape index (κ3) is 2.63. The molecule has 2 aromatic rings. The van der Waals surface area contributed by atoms with Crippen LogP contribution in [0.4, 0.5) is 5.13 Å². The number of pyridine rings is 1. The summed E-state index contributed by atoms with van der Waals surface area (Å²) in [5, 5.41) is 10.8. The summed E-state index contributed by atoms with van der Waals surface area (Å²) in [5.74, 6) is 0. The maximum Gasteiger partial charge on any atom is 0.186 e. The summed E-state index contributed by atoms with van der Waals surface area (Å²) in [6, 6.07) is 2.67. The lowest BCUT2D eigenvalue weighted by Gasteiger charge is -2.36. The first kappa shape index (κ1) is 13.4. The zero-order valence-electron chi connectivity index (χ0n) is 12.0. The fraction of sp³-hybridized carbons (Fsp3) is 0.600. The SMILES string of the molecule is OC1CCN(C2CCN(c3nc4cnccc4s3)CC2)C1. The van der Waals surface area contributed by atoms with Gasteiger partial charge in [0.2, 0.25) is 0 Å². The van der Waals surface area contributed by atoms with Gasteiger partial charge in [0.15, 0.2) is 5.13 Å². The van der Waals surface area contributed by atoms with Gasteiger partial charge >= 0.3 is 0 Å². The van der Waals surface area contributed by atoms with Gasteiger partial charge in [0, 0.05) is 38.4 Å². The minimum atomic E-state index is -0.111. The van der Waals surface area contributed by atoms with E-state index in [1.165, 1.54) is 17.5 Å². The summed E-state index contributed by atoms with van der Waals surface area (Å²) < 4.78 is 1.21. The average Bonchev–Trinajstić information content (AvgIpc) is 3.13. The van der Waals surface area contributed by atoms with E-state index in [1.54, 1.807) is 11.3 Å². The first-order valence-corrected chi connectivity index (χ1v) is 8.49. The van der Waals surface area contributed by atoms with E-state index in [-0.39, 0.29) is 6.10 Å². The number of rotatable bonds is 2. The van der Waals surface area contributed by atoms with Gasteiger partial charge in [-0.25, -0.2) is 4.98 Å². The summed E-state index contributed by atoms with van der Waals surface area (Å²) in [5.41, 5.74) is 1.00. The molecule has 0 saturated carbocycles. The number of aliphatic hydroxyl groups excluding tert-OH is 1. The molecule has 2 aliphatic rings. The van der Waals surface area contributed by atoms with Crippen LogP contribution in [0.5, 0.6) is 0 Å². The number of likely N-dealkylation sites (tertiary alicyclic amines) is 1. The van der Waals surface area contributed by atoms with Crippen molar-refractivity contribution in [1.82, 2.24) is 14.9 Å². The Balaban J connectivity index is 1.42. The summed E-state index contributed by atoms with van der Waals surface area (Å²) in [6.45, 7) is 4.03. The lowest BCUT2D eigenvalue weighted by Crippen LogP contribution is -2.44. The van der Waals surface area contributed by atoms with Crippen molar-refractivity contribution in [3.05, 3.63) is 18.5 Å². The molecule has 21 heavy (non-hydrogen) atoms. The Bertz CT molecular complexity index is 590. The van der Waals surface area contributed by atoms with Crippen molar-refractivity contribution in [3.63, 3.8) is 0 Å². The number of hydrogen-bond donors (Lipinski definition) is 1. The van der Waals surface area contributed by atoms with Crippen molar-refractivity contribution >= 4 is 26.7 Å². The van der Waals surface area contributed by atoms with Gasteiger partial charge in [-0.1, -0.05) is 11.3 Å². The van der Waals surface area contributed by atoms with Crippen LogP contribution in [0.1, 0.15) is 19.3 Å². The highest BCUT2D eigenvalue weighted by molar-refractivity contribution is 7.22. The van der Waals surface area contributed by atoms with Gasteiger partial charge in [0.05, 0.1) is 17.0 Å². The molecule has 2 aromatic heterocycles. The molecular weight excluding hydrogens is 284 g/mol. The van der Waals surface area contributed by atoms with Gasteiger partial charge in [-0.15, -0.1) is 0 Å². The fourth-order valence-electron chi connectivity index (χ4n) is 3.43. The summed E-state index contributed by atoms with van der Waals surface area (Å²) in [4.78, 5) is 13.7. The Labute approximate surface area is 128 Å². The molecule has 6 heteroatoms. The molecule has 1 atom stereocenters. The number of aromatic nitrogens is 2. The van der Waals surface area contributed by atoms with Crippen molar-refractivity contribution in [2.45, 2.75) is 31.4 Å². The van der Waals surface area contributed by atoms with Gasteiger partial charge in [0.1, 0.15) is 5.52 Å². The molecular formula is C15H20N4OS. The van der Waals surface area contributed by atoms with E-state index in [1.807, 2.05) is 18.5 Å². The highest BCUT2D eigenvalue weighted by Gasteiger charge is 2.30. The lowest BCUT2D eigenvalue weighted by molar-refractivity contribution is 0.148. The van der Waals surface area contributed by atoms with Gasteiger partial charge in [0.25, 0.3) is 0 Å². The van der Waals surface area contributed by atoms with Crippen LogP contribution in [0.25, 0.3) is 10.2 Å². The molecule has 2 aliphatic heterocycles. The number of nitrogens with zero attached hydrogens (tertiary/aromatic N) is 4. The maximum absolute atomic E-state index is 9.67. The summed E-state index contributed by atoms with van der Waals surface area (Å²) in [7, 11) is 0. The molecule has 0 spiro atoms. The first-order valence-electron chi connectivity index (χ1n) is 7.67. The van der Waals surface area contributed by atoms with Crippen LogP contribution >= 0.6 is 11.3 Å². The quantitative estimate of drug-likeness (QED) is 0.915. The first-order chi connectivity index (χ1) is 10.3. The van der Waals surface area contributed by atoms with E-state index >= 15 is 0 Å². The topological polar surface area (TPSA) is 52.5 Å². The minimum absolute atomic E-state index is 0.111. The molecule has 0 amide bonds. The van der Waals surface area contributed by atoms with Crippen molar-refractivity contribution in [2.24, 2.45) is 0 Å². The minimum Gasteiger partial charge on any atom is -0.392 e. The predicted molar refractivity (Wildman–Crippen MR) is 84.8 cm³/mol. The Hall–Kier alpha value is -1.24. The summed E-state index contributed by atoms with van der Waals surface area (Å²) >= 11 is 1.76. The number of hydrogen-bond acceptors (Lipinski definition) is 6. The van der Waals surface area contributed by atoms with Crippen LogP contribution in [-0.4, -0.2) is 58.3 Å². The Morgan fingerprint density at radius 1 is 1.19 bits per heavy atom. The Morgan fingerprint density at radius 3 is 2.76 bits per heavy atom. The van der Waals surface area contributed by atoms with Crippen LogP contribution < -0.4 is 4.90 Å². The van der Waals surface area contributed by atoms with Crippen LogP contribution in [0.15, 0.2) is 18.5 Å². The smallest absolute Gasteiger partial charge is 0.186 e. The molecule has 0 aliphatic carbocycles. The number of anilines is 1. The van der Waals surface area contributed by atoms with Crippen molar-refractivity contribution in [3.8, 4) is 0 Å². The Morgan fingerprint density at radius 2 is 2.05 bits per heavy atom. The van der Waals surface area contributed by atoms with Crippen molar-refractivity contribution in [2.75, 3.05) is 31.1 Å². The lowest BCUT2D eigenvalue weighted by atomic mass is 10.0. The third-order valence-corrected chi connectivity index (χ3v) is 5.72. The second-order valence-corrected chi connectivity index (χ2v) is 7.00. The molecule has 4 heterocycles. The van der Waals surface area contributed by atoms with E-state index < -0.39 is 0 Å². The maximum atomic E-state index is 9.67. The van der Waals surface area contributed by atoms with E-state index in [0.29, 0.717) is 6.04 Å². The van der Waals surface area contributed by atoms with Gasteiger partial charge in [-0.3, -0.25) is 9.88 Å². The zero-order chi connectivity index (χ0) is 14.2. The third-order valence-electron chi connectivity index (χ3n) is 4.62. The van der Waals surface area contributed by atoms with Crippen molar-refractivity contribution in [1.29, 1.82) is 0 Å². The van der Waals surface area contributed by atoms with Crippen molar-refractivity contribution < 1.29 is 5.11 Å². The largest absolute Gasteiger partial charge is 0.392 e. The van der Waals surface area contributed by atoms with Gasteiger partial charge in [-0.2, -0.15) is 0 Å². The summed E-state index contributed by atoms with van der Waals surface area (Å²) in [6.07, 6.45) is 6.83. The number of aliphatic hydroxyl groups is 1. The molecule has 1 N–H and O–H groups in total. The normalized spacial score (nSPS) is 25.0. The molecule has 1 unspecified atom stereocenters. The monoisotopic (exact) mass is 304 g/mol. The number of fused-ring (bicyclic) bond motifs is 1. The van der Waals surface area contributed by atoms with E-state index in [9.17, 15) is 5.11 Å². The van der Waals surface area contributed by atoms with Gasteiger partial charge < -0.3 is 10.0 Å². The average molecular weight is 304 g/mol. The highest BCUT2D eigenvalue weighted by atomic mass is 32.1. The number of piperidine rings is 1. The Kier molecular flexibility index (Phi) is 3.52. The molecule has 0 aromatic carbocycles. The van der Waals surface area contributed by atoms with E-state index in [0.717, 1.165) is 43.2 Å². The second kappa shape index (κ2) is 5.51. The molecule has 0 bridgehead atoms. The van der Waals surface area contributed by atoms with E-state index in [4.69, 9.17) is 4.98 Å². The van der Waals surface area contributed by atoms with Crippen LogP contribution in [0.3, 0.4) is 0 Å². The number of thiazole rings is 1. The number of β-amino-alcohol motifs (C(OH)–C–C–N with tert-alkyl or cyclic N) is 1. The molecule has 2 fully saturated rings. The molecule has 112 valence electrons. The standard InChI is InChI=1S/C15H20N4OS/c20-12-4-8-19(10-12)11-2-6-18(7-3-11)15-17-13-9-16-5-1-14(13)21-15/h1,5,9,11-12,20H,2-4,6-8,10H2. The second-order valence-electron chi connectivity index (χ2n) is 6.00. The molecule has 5 nitrogen and oxygen atoms in total. The molecule has 0 radical (unpaired) electrons. The predicted octanol–water partition coefficient (Wildman–Crippen LogP) is 1.73. The van der Waals surface area contributed by atoms with Crippen LogP contribution in [0.2, 0.25) is 0 Å². The van der Waals surface area contributed by atoms with E-state index in [2.05, 4.69) is 14.8 Å². The van der Waals surface area contributed by atoms with Gasteiger partial charge in [-0.05, 0) is 25.3 Å². The zero-order valence-corrected chi connectivity index (χ0v) is 12.8.